The monoisotopic (exact) mass is 546 g/mol. The molecule has 37 heavy (non-hydrogen) atoms. The van der Waals surface area contributed by atoms with Gasteiger partial charge in [-0.1, -0.05) is 23.2 Å². The van der Waals surface area contributed by atoms with Gasteiger partial charge >= 0.3 is 0 Å². The summed E-state index contributed by atoms with van der Waals surface area (Å²) in [6.07, 6.45) is 1.43. The molecule has 0 unspecified atom stereocenters. The van der Waals surface area contributed by atoms with Crippen molar-refractivity contribution in [3.05, 3.63) is 75.3 Å². The van der Waals surface area contributed by atoms with Crippen LogP contribution in [0, 0.1) is 0 Å². The molecular formula is C26H24Cl2N2O7. The number of carbonyl (C=O) groups excluding carboxylic acids is 2. The van der Waals surface area contributed by atoms with Gasteiger partial charge in [-0.05, 0) is 54.1 Å². The van der Waals surface area contributed by atoms with Gasteiger partial charge in [0.05, 0.1) is 44.7 Å². The number of benzene rings is 3. The summed E-state index contributed by atoms with van der Waals surface area (Å²) >= 11 is 11.9. The fraction of sp³-hybridized carbons (Fsp3) is 0.192. The van der Waals surface area contributed by atoms with Crippen LogP contribution in [0.25, 0.3) is 0 Å². The van der Waals surface area contributed by atoms with Crippen molar-refractivity contribution in [1.29, 1.82) is 0 Å². The molecule has 1 N–H and O–H groups in total. The summed E-state index contributed by atoms with van der Waals surface area (Å²) in [5, 5.41) is 4.64. The smallest absolute Gasteiger partial charge is 0.271 e. The zero-order valence-electron chi connectivity index (χ0n) is 20.5. The lowest BCUT2D eigenvalue weighted by molar-refractivity contribution is 0.0918. The molecular weight excluding hydrogens is 523 g/mol. The molecule has 0 spiro atoms. The Bertz CT molecular complexity index is 1300. The minimum Gasteiger partial charge on any atom is -0.493 e. The van der Waals surface area contributed by atoms with Crippen LogP contribution < -0.4 is 29.1 Å². The zero-order valence-corrected chi connectivity index (χ0v) is 22.0. The fourth-order valence-electron chi connectivity index (χ4n) is 3.22. The van der Waals surface area contributed by atoms with Crippen molar-refractivity contribution in [3.63, 3.8) is 0 Å². The van der Waals surface area contributed by atoms with Gasteiger partial charge in [0.2, 0.25) is 5.75 Å². The van der Waals surface area contributed by atoms with E-state index in [2.05, 4.69) is 10.5 Å². The van der Waals surface area contributed by atoms with Gasteiger partial charge in [0.25, 0.3) is 5.91 Å². The van der Waals surface area contributed by atoms with E-state index in [0.717, 1.165) is 0 Å². The third-order valence-electron chi connectivity index (χ3n) is 5.09. The van der Waals surface area contributed by atoms with Crippen LogP contribution in [-0.2, 0) is 0 Å². The summed E-state index contributed by atoms with van der Waals surface area (Å²) in [5.41, 5.74) is 3.70. The molecule has 0 aliphatic carbocycles. The highest BCUT2D eigenvalue weighted by Crippen LogP contribution is 2.38. The number of ether oxygens (including phenoxy) is 5. The van der Waals surface area contributed by atoms with E-state index >= 15 is 0 Å². The predicted octanol–water partition coefficient (Wildman–Crippen LogP) is 5.05. The largest absolute Gasteiger partial charge is 0.493 e. The van der Waals surface area contributed by atoms with Crippen molar-refractivity contribution < 1.29 is 33.3 Å². The number of methoxy groups -OCH3 is 4. The molecule has 3 aromatic carbocycles. The molecule has 9 nitrogen and oxygen atoms in total. The minimum absolute atomic E-state index is 0.230. The van der Waals surface area contributed by atoms with Crippen LogP contribution in [0.3, 0.4) is 0 Å². The molecule has 0 saturated carbocycles. The van der Waals surface area contributed by atoms with Gasteiger partial charge in [-0.3, -0.25) is 9.59 Å². The van der Waals surface area contributed by atoms with E-state index in [1.54, 1.807) is 30.3 Å². The van der Waals surface area contributed by atoms with E-state index < -0.39 is 5.91 Å². The van der Waals surface area contributed by atoms with Crippen molar-refractivity contribution in [3.8, 4) is 28.7 Å². The summed E-state index contributed by atoms with van der Waals surface area (Å²) in [6.45, 7) is -0.230. The molecule has 0 bridgehead atoms. The van der Waals surface area contributed by atoms with Gasteiger partial charge < -0.3 is 23.7 Å². The van der Waals surface area contributed by atoms with Crippen molar-refractivity contribution in [2.24, 2.45) is 5.10 Å². The SMILES string of the molecule is COc1cc(C=NNC(=O)c2cc(OC)c(OC)c(OC)c2)ccc1OCC(=O)c1ccc(Cl)c(Cl)c1. The Hall–Kier alpha value is -3.95. The molecule has 11 heteroatoms. The average Bonchev–Trinajstić information content (AvgIpc) is 2.92. The van der Waals surface area contributed by atoms with Crippen molar-refractivity contribution >= 4 is 41.1 Å². The molecule has 3 aromatic rings. The van der Waals surface area contributed by atoms with Gasteiger partial charge in [-0.25, -0.2) is 5.43 Å². The van der Waals surface area contributed by atoms with Gasteiger partial charge in [0.1, 0.15) is 0 Å². The Morgan fingerprint density at radius 1 is 0.784 bits per heavy atom. The Kier molecular flexibility index (Phi) is 9.59. The lowest BCUT2D eigenvalue weighted by Gasteiger charge is -2.13. The maximum Gasteiger partial charge on any atom is 0.271 e. The second kappa shape index (κ2) is 12.8. The van der Waals surface area contributed by atoms with Crippen molar-refractivity contribution in [1.82, 2.24) is 5.43 Å². The maximum atomic E-state index is 12.6. The molecule has 3 rings (SSSR count). The van der Waals surface area contributed by atoms with Gasteiger partial charge in [0.15, 0.2) is 35.4 Å². The average molecular weight is 547 g/mol. The number of Topliss-reactive ketones (excluding diaryl/α,β-unsaturated/α-hetero) is 1. The number of hydrogen-bond donors (Lipinski definition) is 1. The van der Waals surface area contributed by atoms with Gasteiger partial charge in [-0.15, -0.1) is 0 Å². The number of halogens is 2. The first-order valence-corrected chi connectivity index (χ1v) is 11.5. The fourth-order valence-corrected chi connectivity index (χ4v) is 3.52. The summed E-state index contributed by atoms with van der Waals surface area (Å²) < 4.78 is 26.8. The highest BCUT2D eigenvalue weighted by Gasteiger charge is 2.17. The highest BCUT2D eigenvalue weighted by molar-refractivity contribution is 6.42. The number of hydrogen-bond acceptors (Lipinski definition) is 8. The number of hydrazone groups is 1. The topological polar surface area (TPSA) is 105 Å². The Morgan fingerprint density at radius 3 is 2.05 bits per heavy atom. The number of nitrogens with one attached hydrogen (secondary N) is 1. The number of carbonyl (C=O) groups is 2. The quantitative estimate of drug-likeness (QED) is 0.204. The van der Waals surface area contributed by atoms with Crippen molar-refractivity contribution in [2.45, 2.75) is 0 Å². The van der Waals surface area contributed by atoms with Crippen molar-refractivity contribution in [2.75, 3.05) is 35.0 Å². The highest BCUT2D eigenvalue weighted by atomic mass is 35.5. The van der Waals surface area contributed by atoms with Crippen LogP contribution in [-0.4, -0.2) is 53.0 Å². The second-order valence-corrected chi connectivity index (χ2v) is 8.18. The minimum atomic E-state index is -0.483. The zero-order chi connectivity index (χ0) is 26.9. The summed E-state index contributed by atoms with van der Waals surface area (Å²) in [6, 6.07) is 12.6. The molecule has 0 radical (unpaired) electrons. The van der Waals surface area contributed by atoms with E-state index in [1.165, 1.54) is 52.9 Å². The molecule has 1 amide bonds. The third kappa shape index (κ3) is 6.84. The molecule has 0 fully saturated rings. The van der Waals surface area contributed by atoms with Crippen LogP contribution in [0.4, 0.5) is 0 Å². The first-order chi connectivity index (χ1) is 17.8. The predicted molar refractivity (Wildman–Crippen MR) is 140 cm³/mol. The van der Waals surface area contributed by atoms with Crippen LogP contribution in [0.2, 0.25) is 10.0 Å². The Labute approximate surface area is 223 Å². The lowest BCUT2D eigenvalue weighted by Crippen LogP contribution is -2.18. The van der Waals surface area contributed by atoms with E-state index in [9.17, 15) is 9.59 Å². The molecule has 0 heterocycles. The molecule has 0 aliphatic rings. The van der Waals surface area contributed by atoms with Crippen LogP contribution in [0.15, 0.2) is 53.6 Å². The summed E-state index contributed by atoms with van der Waals surface area (Å²) in [4.78, 5) is 25.0. The van der Waals surface area contributed by atoms with E-state index in [4.69, 9.17) is 46.9 Å². The number of ketones is 1. The number of amides is 1. The van der Waals surface area contributed by atoms with E-state index in [1.807, 2.05) is 0 Å². The van der Waals surface area contributed by atoms with E-state index in [0.29, 0.717) is 44.9 Å². The molecule has 0 saturated heterocycles. The Morgan fingerprint density at radius 2 is 1.46 bits per heavy atom. The van der Waals surface area contributed by atoms with Crippen LogP contribution in [0.1, 0.15) is 26.3 Å². The standard InChI is InChI=1S/C26H24Cl2N2O7/c1-33-22-9-15(5-8-21(22)37-14-20(31)16-6-7-18(27)19(28)10-16)13-29-30-26(32)17-11-23(34-2)25(36-4)24(12-17)35-3/h5-13H,14H2,1-4H3,(H,30,32). The molecule has 0 aromatic heterocycles. The summed E-state index contributed by atoms with van der Waals surface area (Å²) in [7, 11) is 5.86. The summed E-state index contributed by atoms with van der Waals surface area (Å²) in [5.74, 6) is 1.03. The second-order valence-electron chi connectivity index (χ2n) is 7.36. The molecule has 0 atom stereocenters. The van der Waals surface area contributed by atoms with Crippen LogP contribution in [0.5, 0.6) is 28.7 Å². The maximum absolute atomic E-state index is 12.6. The van der Waals surface area contributed by atoms with Crippen LogP contribution >= 0.6 is 23.2 Å². The van der Waals surface area contributed by atoms with E-state index in [-0.39, 0.29) is 23.0 Å². The lowest BCUT2D eigenvalue weighted by atomic mass is 10.1. The Balaban J connectivity index is 1.66. The van der Waals surface area contributed by atoms with Gasteiger partial charge in [-0.2, -0.15) is 5.10 Å². The number of nitrogens with zero attached hydrogens (tertiary/aromatic N) is 1. The third-order valence-corrected chi connectivity index (χ3v) is 5.83. The first kappa shape index (κ1) is 27.6. The molecule has 0 aliphatic heterocycles. The number of rotatable bonds is 11. The molecule has 194 valence electrons. The first-order valence-electron chi connectivity index (χ1n) is 10.7. The normalized spacial score (nSPS) is 10.6. The van der Waals surface area contributed by atoms with Gasteiger partial charge in [0, 0.05) is 11.1 Å².